The smallest absolute Gasteiger partial charge is 0.165 e. The van der Waals surface area contributed by atoms with E-state index in [1.165, 1.54) is 5.56 Å². The van der Waals surface area contributed by atoms with Crippen LogP contribution in [-0.2, 0) is 11.3 Å². The van der Waals surface area contributed by atoms with Crippen molar-refractivity contribution >= 4 is 5.78 Å². The Kier molecular flexibility index (Phi) is 5.47. The Morgan fingerprint density at radius 2 is 1.58 bits per heavy atom. The van der Waals surface area contributed by atoms with Crippen LogP contribution in [0.2, 0.25) is 0 Å². The number of ether oxygens (including phenoxy) is 1. The van der Waals surface area contributed by atoms with E-state index in [4.69, 9.17) is 4.74 Å². The number of rotatable bonds is 6. The molecule has 0 amide bonds. The summed E-state index contributed by atoms with van der Waals surface area (Å²) >= 11 is 0. The molecule has 0 aromatic heterocycles. The molecule has 2 aromatic rings. The third kappa shape index (κ3) is 4.33. The van der Waals surface area contributed by atoms with Gasteiger partial charge in [-0.15, -0.1) is 0 Å². The van der Waals surface area contributed by atoms with Crippen molar-refractivity contribution in [3.05, 3.63) is 71.8 Å². The van der Waals surface area contributed by atoms with Crippen LogP contribution in [0.25, 0.3) is 0 Å². The number of carbonyl (C=O) groups excluding carboxylic acids is 1. The van der Waals surface area contributed by atoms with Crippen molar-refractivity contribution < 1.29 is 9.53 Å². The number of carbonyl (C=O) groups is 1. The van der Waals surface area contributed by atoms with Gasteiger partial charge >= 0.3 is 0 Å². The van der Waals surface area contributed by atoms with Crippen molar-refractivity contribution in [2.75, 3.05) is 0 Å². The van der Waals surface area contributed by atoms with E-state index in [9.17, 15) is 4.79 Å². The molecule has 1 saturated carbocycles. The van der Waals surface area contributed by atoms with E-state index in [0.717, 1.165) is 37.2 Å². The zero-order valence-corrected chi connectivity index (χ0v) is 14.4. The molecule has 0 aliphatic heterocycles. The van der Waals surface area contributed by atoms with Crippen molar-refractivity contribution in [3.63, 3.8) is 0 Å². The number of benzene rings is 2. The van der Waals surface area contributed by atoms with Crippen LogP contribution in [0.4, 0.5) is 0 Å². The topological polar surface area (TPSA) is 26.3 Å². The second kappa shape index (κ2) is 7.76. The quantitative estimate of drug-likeness (QED) is 0.663. The minimum atomic E-state index is -0.310. The van der Waals surface area contributed by atoms with Gasteiger partial charge in [0.15, 0.2) is 5.78 Å². The molecule has 126 valence electrons. The zero-order valence-electron chi connectivity index (χ0n) is 14.4. The summed E-state index contributed by atoms with van der Waals surface area (Å²) < 4.78 is 6.38. The molecule has 0 N–H and O–H groups in total. The molecule has 1 aliphatic carbocycles. The molecule has 0 unspecified atom stereocenters. The number of hydrogen-bond acceptors (Lipinski definition) is 2. The molecule has 0 saturated heterocycles. The summed E-state index contributed by atoms with van der Waals surface area (Å²) in [6, 6.07) is 19.8. The average molecular weight is 322 g/mol. The first kappa shape index (κ1) is 16.9. The van der Waals surface area contributed by atoms with Crippen LogP contribution >= 0.6 is 0 Å². The largest absolute Gasteiger partial charge is 0.370 e. The second-order valence-corrected chi connectivity index (χ2v) is 7.11. The fraction of sp³-hybridized carbons (Fsp3) is 0.409. The predicted molar refractivity (Wildman–Crippen MR) is 97.0 cm³/mol. The molecule has 2 aromatic carbocycles. The third-order valence-corrected chi connectivity index (χ3v) is 5.15. The molecule has 24 heavy (non-hydrogen) atoms. The van der Waals surface area contributed by atoms with Crippen LogP contribution in [0.1, 0.15) is 54.9 Å². The van der Waals surface area contributed by atoms with Crippen molar-refractivity contribution in [1.29, 1.82) is 0 Å². The van der Waals surface area contributed by atoms with Crippen molar-refractivity contribution in [2.24, 2.45) is 5.92 Å². The molecular formula is C22H26O2. The molecule has 1 aliphatic rings. The van der Waals surface area contributed by atoms with Crippen LogP contribution in [-0.4, -0.2) is 11.4 Å². The van der Waals surface area contributed by atoms with Crippen molar-refractivity contribution in [3.8, 4) is 0 Å². The summed E-state index contributed by atoms with van der Waals surface area (Å²) in [5, 5.41) is 0. The van der Waals surface area contributed by atoms with E-state index >= 15 is 0 Å². The van der Waals surface area contributed by atoms with E-state index in [2.05, 4.69) is 19.1 Å². The Labute approximate surface area is 144 Å². The summed E-state index contributed by atoms with van der Waals surface area (Å²) in [5.74, 6) is 0.920. The Balaban J connectivity index is 1.71. The van der Waals surface area contributed by atoms with E-state index in [1.807, 2.05) is 48.5 Å². The normalized spacial score (nSPS) is 23.8. The lowest BCUT2D eigenvalue weighted by atomic mass is 9.76. The van der Waals surface area contributed by atoms with Gasteiger partial charge in [0.2, 0.25) is 0 Å². The average Bonchev–Trinajstić information content (AvgIpc) is 2.64. The van der Waals surface area contributed by atoms with Gasteiger partial charge < -0.3 is 4.74 Å². The summed E-state index contributed by atoms with van der Waals surface area (Å²) in [4.78, 5) is 12.7. The van der Waals surface area contributed by atoms with Crippen LogP contribution in [0.3, 0.4) is 0 Å². The van der Waals surface area contributed by atoms with Gasteiger partial charge in [0.25, 0.3) is 0 Å². The fourth-order valence-corrected chi connectivity index (χ4v) is 3.49. The monoisotopic (exact) mass is 322 g/mol. The molecule has 0 spiro atoms. The lowest BCUT2D eigenvalue weighted by Crippen LogP contribution is -2.39. The molecule has 0 heterocycles. The minimum Gasteiger partial charge on any atom is -0.370 e. The van der Waals surface area contributed by atoms with Crippen LogP contribution in [0.5, 0.6) is 0 Å². The fourth-order valence-electron chi connectivity index (χ4n) is 3.49. The Morgan fingerprint density at radius 1 is 1.00 bits per heavy atom. The zero-order chi connectivity index (χ0) is 16.8. The molecule has 0 bridgehead atoms. The standard InChI is InChI=1S/C22H26O2/c1-18-12-14-22(15-13-18,24-17-19-8-4-2-5-9-19)16-21(23)20-10-6-3-7-11-20/h2-11,18H,12-17H2,1H3. The van der Waals surface area contributed by atoms with Gasteiger partial charge in [-0.25, -0.2) is 0 Å². The third-order valence-electron chi connectivity index (χ3n) is 5.15. The Morgan fingerprint density at radius 3 is 2.21 bits per heavy atom. The number of ketones is 1. The maximum atomic E-state index is 12.7. The highest BCUT2D eigenvalue weighted by molar-refractivity contribution is 5.96. The van der Waals surface area contributed by atoms with Gasteiger partial charge in [-0.2, -0.15) is 0 Å². The Hall–Kier alpha value is -1.93. The van der Waals surface area contributed by atoms with Crippen LogP contribution < -0.4 is 0 Å². The molecular weight excluding hydrogens is 296 g/mol. The van der Waals surface area contributed by atoms with Gasteiger partial charge in [-0.1, -0.05) is 67.6 Å². The number of Topliss-reactive ketones (excluding diaryl/α,β-unsaturated/α-hetero) is 1. The predicted octanol–water partition coefficient (Wildman–Crippen LogP) is 5.43. The minimum absolute atomic E-state index is 0.193. The maximum Gasteiger partial charge on any atom is 0.165 e. The van der Waals surface area contributed by atoms with E-state index < -0.39 is 0 Å². The SMILES string of the molecule is CC1CCC(CC(=O)c2ccccc2)(OCc2ccccc2)CC1. The maximum absolute atomic E-state index is 12.7. The molecule has 0 atom stereocenters. The van der Waals surface area contributed by atoms with E-state index in [0.29, 0.717) is 13.0 Å². The van der Waals surface area contributed by atoms with Crippen molar-refractivity contribution in [1.82, 2.24) is 0 Å². The Bertz CT molecular complexity index is 640. The van der Waals surface area contributed by atoms with E-state index in [1.54, 1.807) is 0 Å². The first-order valence-electron chi connectivity index (χ1n) is 8.93. The van der Waals surface area contributed by atoms with Gasteiger partial charge in [-0.3, -0.25) is 4.79 Å². The highest BCUT2D eigenvalue weighted by Gasteiger charge is 2.37. The summed E-state index contributed by atoms with van der Waals surface area (Å²) in [7, 11) is 0. The first-order chi connectivity index (χ1) is 11.7. The van der Waals surface area contributed by atoms with E-state index in [-0.39, 0.29) is 11.4 Å². The molecule has 2 nitrogen and oxygen atoms in total. The highest BCUT2D eigenvalue weighted by Crippen LogP contribution is 2.38. The van der Waals surface area contributed by atoms with Crippen LogP contribution in [0.15, 0.2) is 60.7 Å². The van der Waals surface area contributed by atoms with Gasteiger partial charge in [0.05, 0.1) is 12.2 Å². The second-order valence-electron chi connectivity index (χ2n) is 7.11. The molecule has 1 fully saturated rings. The summed E-state index contributed by atoms with van der Waals surface area (Å²) in [5.41, 5.74) is 1.65. The van der Waals surface area contributed by atoms with Crippen molar-refractivity contribution in [2.45, 2.75) is 51.2 Å². The number of hydrogen-bond donors (Lipinski definition) is 0. The highest BCUT2D eigenvalue weighted by atomic mass is 16.5. The molecule has 2 heteroatoms. The van der Waals surface area contributed by atoms with Gasteiger partial charge in [-0.05, 0) is 37.2 Å². The lowest BCUT2D eigenvalue weighted by Gasteiger charge is -2.39. The lowest BCUT2D eigenvalue weighted by molar-refractivity contribution is -0.0857. The van der Waals surface area contributed by atoms with Crippen LogP contribution in [0, 0.1) is 5.92 Å². The molecule has 3 rings (SSSR count). The van der Waals surface area contributed by atoms with Gasteiger partial charge in [0.1, 0.15) is 0 Å². The van der Waals surface area contributed by atoms with Gasteiger partial charge in [0, 0.05) is 12.0 Å². The summed E-state index contributed by atoms with van der Waals surface area (Å²) in [6.07, 6.45) is 4.70. The first-order valence-corrected chi connectivity index (χ1v) is 8.93. The summed E-state index contributed by atoms with van der Waals surface area (Å²) in [6.45, 7) is 2.87. The molecule has 0 radical (unpaired) electrons.